The van der Waals surface area contributed by atoms with Gasteiger partial charge in [0.1, 0.15) is 0 Å². The van der Waals surface area contributed by atoms with E-state index in [0.717, 1.165) is 36.3 Å². The molecule has 4 nitrogen and oxygen atoms in total. The van der Waals surface area contributed by atoms with E-state index in [1.54, 1.807) is 6.07 Å². The normalized spacial score (nSPS) is 28.8. The lowest BCUT2D eigenvalue weighted by Crippen LogP contribution is -2.44. The van der Waals surface area contributed by atoms with Crippen LogP contribution in [0, 0.1) is 11.1 Å². The average molecular weight is 207 g/mol. The number of fused-ring (bicyclic) bond motifs is 2. The first-order chi connectivity index (χ1) is 7.34. The monoisotopic (exact) mass is 207 g/mol. The first-order valence-electron chi connectivity index (χ1n) is 5.34. The Morgan fingerprint density at radius 3 is 3.33 bits per heavy atom. The van der Waals surface area contributed by atoms with Crippen molar-refractivity contribution in [3.8, 4) is 5.75 Å². The molecule has 1 fully saturated rings. The highest BCUT2D eigenvalue weighted by molar-refractivity contribution is 5.26. The fourth-order valence-electron chi connectivity index (χ4n) is 2.32. The van der Waals surface area contributed by atoms with E-state index in [0.29, 0.717) is 11.7 Å². The minimum atomic E-state index is -0.145. The number of pyridine rings is 1. The molecule has 15 heavy (non-hydrogen) atoms. The fourth-order valence-corrected chi connectivity index (χ4v) is 2.32. The van der Waals surface area contributed by atoms with E-state index >= 15 is 0 Å². The van der Waals surface area contributed by atoms with Gasteiger partial charge in [-0.1, -0.05) is 0 Å². The van der Waals surface area contributed by atoms with Crippen molar-refractivity contribution in [3.05, 3.63) is 29.2 Å². The van der Waals surface area contributed by atoms with E-state index in [9.17, 15) is 5.21 Å². The second-order valence-electron chi connectivity index (χ2n) is 4.11. The maximum atomic E-state index is 11.5. The first kappa shape index (κ1) is 8.97. The van der Waals surface area contributed by atoms with Crippen LogP contribution in [0.5, 0.6) is 5.75 Å². The summed E-state index contributed by atoms with van der Waals surface area (Å²) in [5.41, 5.74) is 0.740. The lowest BCUT2D eigenvalue weighted by molar-refractivity contribution is -0.616. The van der Waals surface area contributed by atoms with E-state index in [-0.39, 0.29) is 6.29 Å². The molecular formula is C11H13NO3. The Bertz CT molecular complexity index is 380. The van der Waals surface area contributed by atoms with E-state index in [4.69, 9.17) is 9.47 Å². The Labute approximate surface area is 88.0 Å². The van der Waals surface area contributed by atoms with Gasteiger partial charge in [0.15, 0.2) is 11.9 Å². The zero-order valence-electron chi connectivity index (χ0n) is 8.39. The Morgan fingerprint density at radius 1 is 1.47 bits per heavy atom. The summed E-state index contributed by atoms with van der Waals surface area (Å²) in [6.07, 6.45) is 4.29. The van der Waals surface area contributed by atoms with Gasteiger partial charge < -0.3 is 14.7 Å². The predicted octanol–water partition coefficient (Wildman–Crippen LogP) is 1.01. The van der Waals surface area contributed by atoms with Crippen LogP contribution in [0.3, 0.4) is 0 Å². The summed E-state index contributed by atoms with van der Waals surface area (Å²) < 4.78 is 12.1. The zero-order valence-corrected chi connectivity index (χ0v) is 8.39. The van der Waals surface area contributed by atoms with Gasteiger partial charge in [-0.25, -0.2) is 0 Å². The van der Waals surface area contributed by atoms with Crippen molar-refractivity contribution in [3.63, 3.8) is 0 Å². The lowest BCUT2D eigenvalue weighted by atomic mass is 9.92. The van der Waals surface area contributed by atoms with Crippen molar-refractivity contribution in [1.82, 2.24) is 0 Å². The van der Waals surface area contributed by atoms with Crippen LogP contribution in [0.2, 0.25) is 0 Å². The van der Waals surface area contributed by atoms with Crippen LogP contribution in [-0.4, -0.2) is 12.9 Å². The highest BCUT2D eigenvalue weighted by atomic mass is 16.7. The van der Waals surface area contributed by atoms with Crippen molar-refractivity contribution < 1.29 is 14.2 Å². The summed E-state index contributed by atoms with van der Waals surface area (Å²) in [5, 5.41) is 11.5. The van der Waals surface area contributed by atoms with Crippen LogP contribution < -0.4 is 9.47 Å². The number of hydrogen-bond donors (Lipinski definition) is 0. The maximum absolute atomic E-state index is 11.5. The number of rotatable bonds is 0. The molecule has 0 aliphatic carbocycles. The van der Waals surface area contributed by atoms with Gasteiger partial charge in [0.2, 0.25) is 12.0 Å². The van der Waals surface area contributed by atoms with Crippen molar-refractivity contribution in [1.29, 1.82) is 0 Å². The molecule has 3 heterocycles. The topological polar surface area (TPSA) is 45.4 Å². The standard InChI is InChI=1S/C11H13NO3/c13-12-5-1-4-10-9(12)7-8-3-2-6-14-11(8)15-10/h1,4-5,8,11H,2-3,6-7H2/t8-,11+/m1/s1. The van der Waals surface area contributed by atoms with E-state index in [1.165, 1.54) is 6.20 Å². The van der Waals surface area contributed by atoms with Gasteiger partial charge in [-0.3, -0.25) is 0 Å². The molecule has 0 spiro atoms. The molecule has 1 aromatic rings. The Kier molecular flexibility index (Phi) is 2.02. The highest BCUT2D eigenvalue weighted by Crippen LogP contribution is 2.33. The van der Waals surface area contributed by atoms with Crippen LogP contribution in [0.25, 0.3) is 0 Å². The molecule has 2 aliphatic heterocycles. The summed E-state index contributed by atoms with van der Waals surface area (Å²) in [5.74, 6) is 1.02. The molecule has 80 valence electrons. The molecule has 0 aromatic carbocycles. The molecular weight excluding hydrogens is 194 g/mol. The summed E-state index contributed by atoms with van der Waals surface area (Å²) in [6.45, 7) is 0.765. The number of aromatic nitrogens is 1. The van der Waals surface area contributed by atoms with Gasteiger partial charge in [0, 0.05) is 18.4 Å². The van der Waals surface area contributed by atoms with E-state index < -0.39 is 0 Å². The minimum Gasteiger partial charge on any atom is -0.618 e. The van der Waals surface area contributed by atoms with Gasteiger partial charge in [-0.2, -0.15) is 4.73 Å². The third-order valence-electron chi connectivity index (χ3n) is 3.10. The summed E-state index contributed by atoms with van der Waals surface area (Å²) in [7, 11) is 0. The smallest absolute Gasteiger partial charge is 0.235 e. The molecule has 0 radical (unpaired) electrons. The molecule has 0 unspecified atom stereocenters. The second-order valence-corrected chi connectivity index (χ2v) is 4.11. The van der Waals surface area contributed by atoms with Gasteiger partial charge in [-0.15, -0.1) is 0 Å². The Hall–Kier alpha value is -1.29. The fraction of sp³-hybridized carbons (Fsp3) is 0.545. The van der Waals surface area contributed by atoms with Crippen molar-refractivity contribution in [2.45, 2.75) is 25.6 Å². The highest BCUT2D eigenvalue weighted by Gasteiger charge is 2.36. The molecule has 1 aromatic heterocycles. The van der Waals surface area contributed by atoms with Crippen molar-refractivity contribution in [2.75, 3.05) is 6.61 Å². The summed E-state index contributed by atoms with van der Waals surface area (Å²) >= 11 is 0. The van der Waals surface area contributed by atoms with E-state index in [1.807, 2.05) is 6.07 Å². The molecule has 0 N–H and O–H groups in total. The molecule has 4 heteroatoms. The van der Waals surface area contributed by atoms with Crippen molar-refractivity contribution in [2.24, 2.45) is 5.92 Å². The number of hydrogen-bond acceptors (Lipinski definition) is 3. The van der Waals surface area contributed by atoms with Crippen LogP contribution in [0.1, 0.15) is 18.5 Å². The lowest BCUT2D eigenvalue weighted by Gasteiger charge is -2.34. The van der Waals surface area contributed by atoms with Crippen molar-refractivity contribution >= 4 is 0 Å². The van der Waals surface area contributed by atoms with Crippen LogP contribution in [0.4, 0.5) is 0 Å². The molecule has 0 bridgehead atoms. The largest absolute Gasteiger partial charge is 0.618 e. The Balaban J connectivity index is 1.95. The zero-order chi connectivity index (χ0) is 10.3. The van der Waals surface area contributed by atoms with Crippen LogP contribution >= 0.6 is 0 Å². The van der Waals surface area contributed by atoms with E-state index in [2.05, 4.69) is 0 Å². The van der Waals surface area contributed by atoms with Crippen LogP contribution in [-0.2, 0) is 11.2 Å². The van der Waals surface area contributed by atoms with Gasteiger partial charge >= 0.3 is 0 Å². The summed E-state index contributed by atoms with van der Waals surface area (Å²) in [4.78, 5) is 0. The van der Waals surface area contributed by atoms with Crippen LogP contribution in [0.15, 0.2) is 18.3 Å². The van der Waals surface area contributed by atoms with Gasteiger partial charge in [0.25, 0.3) is 0 Å². The first-order valence-corrected chi connectivity index (χ1v) is 5.34. The molecule has 0 amide bonds. The number of nitrogens with zero attached hydrogens (tertiary/aromatic N) is 1. The third kappa shape index (κ3) is 1.45. The SMILES string of the molecule is [O-][n+]1cccc2c1C[C@H]1CCCO[C@H]1O2. The average Bonchev–Trinajstić information content (AvgIpc) is 2.27. The molecule has 0 saturated carbocycles. The molecule has 2 aliphatic rings. The van der Waals surface area contributed by atoms with Gasteiger partial charge in [0.05, 0.1) is 6.61 Å². The molecule has 3 rings (SSSR count). The minimum absolute atomic E-state index is 0.145. The molecule has 1 saturated heterocycles. The predicted molar refractivity (Wildman–Crippen MR) is 52.2 cm³/mol. The Morgan fingerprint density at radius 2 is 2.40 bits per heavy atom. The number of ether oxygens (including phenoxy) is 2. The summed E-state index contributed by atoms with van der Waals surface area (Å²) in [6, 6.07) is 3.53. The van der Waals surface area contributed by atoms with Gasteiger partial charge in [-0.05, 0) is 18.9 Å². The quantitative estimate of drug-likeness (QED) is 0.471. The molecule has 2 atom stereocenters. The second kappa shape index (κ2) is 3.38. The maximum Gasteiger partial charge on any atom is 0.235 e. The third-order valence-corrected chi connectivity index (χ3v) is 3.10.